The van der Waals surface area contributed by atoms with Crippen LogP contribution < -0.4 is 10.1 Å². The van der Waals surface area contributed by atoms with E-state index in [0.717, 1.165) is 19.3 Å². The summed E-state index contributed by atoms with van der Waals surface area (Å²) in [5, 5.41) is 3.01. The predicted molar refractivity (Wildman–Crippen MR) is 87.4 cm³/mol. The molecule has 5 nitrogen and oxygen atoms in total. The van der Waals surface area contributed by atoms with E-state index in [1.54, 1.807) is 31.2 Å². The second-order valence-corrected chi connectivity index (χ2v) is 6.16. The zero-order valence-electron chi connectivity index (χ0n) is 14.0. The number of ether oxygens (including phenoxy) is 2. The Labute approximate surface area is 137 Å². The molecule has 2 rings (SSSR count). The van der Waals surface area contributed by atoms with Crippen molar-refractivity contribution in [3.63, 3.8) is 0 Å². The molecule has 1 amide bonds. The van der Waals surface area contributed by atoms with Crippen molar-refractivity contribution in [2.45, 2.75) is 51.7 Å². The largest absolute Gasteiger partial charge is 0.497 e. The molecular formula is C18H25NO4. The molecule has 0 aliphatic heterocycles. The van der Waals surface area contributed by atoms with Crippen molar-refractivity contribution in [3.8, 4) is 5.75 Å². The van der Waals surface area contributed by atoms with Crippen molar-refractivity contribution in [3.05, 3.63) is 29.8 Å². The van der Waals surface area contributed by atoms with Crippen LogP contribution in [-0.4, -0.2) is 31.1 Å². The predicted octanol–water partition coefficient (Wildman–Crippen LogP) is 2.94. The molecule has 1 fully saturated rings. The first-order chi connectivity index (χ1) is 11.0. The van der Waals surface area contributed by atoms with Gasteiger partial charge in [0.1, 0.15) is 5.75 Å². The van der Waals surface area contributed by atoms with Gasteiger partial charge in [0.25, 0.3) is 5.91 Å². The van der Waals surface area contributed by atoms with Crippen molar-refractivity contribution in [1.29, 1.82) is 0 Å². The van der Waals surface area contributed by atoms with Gasteiger partial charge in [0.2, 0.25) is 0 Å². The average molecular weight is 319 g/mol. The number of hydrogen-bond acceptors (Lipinski definition) is 4. The fraction of sp³-hybridized carbons (Fsp3) is 0.556. The molecule has 0 saturated heterocycles. The lowest BCUT2D eigenvalue weighted by Crippen LogP contribution is -2.45. The van der Waals surface area contributed by atoms with E-state index in [-0.39, 0.29) is 11.9 Å². The van der Waals surface area contributed by atoms with E-state index in [4.69, 9.17) is 9.47 Å². The van der Waals surface area contributed by atoms with Gasteiger partial charge in [-0.05, 0) is 43.9 Å². The molecule has 1 aromatic carbocycles. The van der Waals surface area contributed by atoms with Gasteiger partial charge < -0.3 is 14.8 Å². The van der Waals surface area contributed by atoms with Crippen LogP contribution in [-0.2, 0) is 9.53 Å². The highest BCUT2D eigenvalue weighted by Crippen LogP contribution is 2.23. The number of amides is 1. The Morgan fingerprint density at radius 3 is 2.70 bits per heavy atom. The number of benzene rings is 1. The number of rotatable bonds is 5. The fourth-order valence-corrected chi connectivity index (χ4v) is 2.86. The number of hydrogen-bond donors (Lipinski definition) is 1. The van der Waals surface area contributed by atoms with Gasteiger partial charge in [-0.1, -0.05) is 25.8 Å². The van der Waals surface area contributed by atoms with Crippen LogP contribution >= 0.6 is 0 Å². The Hall–Kier alpha value is -2.04. The van der Waals surface area contributed by atoms with Crippen LogP contribution in [0.1, 0.15) is 49.9 Å². The Morgan fingerprint density at radius 2 is 2.00 bits per heavy atom. The molecule has 0 bridgehead atoms. The molecule has 3 atom stereocenters. The van der Waals surface area contributed by atoms with Crippen molar-refractivity contribution in [1.82, 2.24) is 5.32 Å². The van der Waals surface area contributed by atoms with Gasteiger partial charge in [-0.25, -0.2) is 4.79 Å². The van der Waals surface area contributed by atoms with Gasteiger partial charge in [-0.15, -0.1) is 0 Å². The minimum Gasteiger partial charge on any atom is -0.497 e. The van der Waals surface area contributed by atoms with Crippen molar-refractivity contribution < 1.29 is 19.1 Å². The van der Waals surface area contributed by atoms with Crippen molar-refractivity contribution in [2.75, 3.05) is 7.11 Å². The molecule has 1 aliphatic rings. The lowest BCUT2D eigenvalue weighted by atomic mass is 9.86. The third kappa shape index (κ3) is 4.71. The van der Waals surface area contributed by atoms with Gasteiger partial charge in [0.15, 0.2) is 6.10 Å². The van der Waals surface area contributed by atoms with Gasteiger partial charge >= 0.3 is 5.97 Å². The van der Waals surface area contributed by atoms with Gasteiger partial charge in [0.05, 0.1) is 12.7 Å². The summed E-state index contributed by atoms with van der Waals surface area (Å²) in [6.45, 7) is 3.75. The summed E-state index contributed by atoms with van der Waals surface area (Å²) < 4.78 is 10.4. The summed E-state index contributed by atoms with van der Waals surface area (Å²) in [6.07, 6.45) is 3.65. The van der Waals surface area contributed by atoms with E-state index < -0.39 is 12.1 Å². The standard InChI is InChI=1S/C18H25NO4/c1-12-7-4-5-10-16(12)19-17(20)13(2)23-18(21)14-8-6-9-15(11-14)22-3/h6,8-9,11-13,16H,4-5,7,10H2,1-3H3,(H,19,20)/t12-,13+,16+/m0/s1. The first-order valence-corrected chi connectivity index (χ1v) is 8.16. The van der Waals surface area contributed by atoms with Crippen LogP contribution in [0.3, 0.4) is 0 Å². The fourth-order valence-electron chi connectivity index (χ4n) is 2.86. The summed E-state index contributed by atoms with van der Waals surface area (Å²) in [4.78, 5) is 24.4. The van der Waals surface area contributed by atoms with Crippen LogP contribution in [0.5, 0.6) is 5.75 Å². The summed E-state index contributed by atoms with van der Waals surface area (Å²) >= 11 is 0. The van der Waals surface area contributed by atoms with Crippen molar-refractivity contribution in [2.24, 2.45) is 5.92 Å². The maximum atomic E-state index is 12.2. The Balaban J connectivity index is 1.90. The minimum atomic E-state index is -0.817. The Morgan fingerprint density at radius 1 is 1.26 bits per heavy atom. The molecule has 0 aromatic heterocycles. The maximum Gasteiger partial charge on any atom is 0.339 e. The molecule has 0 heterocycles. The van der Waals surface area contributed by atoms with E-state index in [9.17, 15) is 9.59 Å². The summed E-state index contributed by atoms with van der Waals surface area (Å²) in [5.41, 5.74) is 0.370. The molecule has 23 heavy (non-hydrogen) atoms. The molecule has 1 N–H and O–H groups in total. The van der Waals surface area contributed by atoms with Crippen LogP contribution in [0.15, 0.2) is 24.3 Å². The number of nitrogens with one attached hydrogen (secondary N) is 1. The molecule has 0 spiro atoms. The minimum absolute atomic E-state index is 0.175. The smallest absolute Gasteiger partial charge is 0.339 e. The molecule has 0 radical (unpaired) electrons. The Bertz CT molecular complexity index is 558. The van der Waals surface area contributed by atoms with E-state index in [1.807, 2.05) is 0 Å². The van der Waals surface area contributed by atoms with Gasteiger partial charge in [0, 0.05) is 6.04 Å². The zero-order valence-corrected chi connectivity index (χ0v) is 14.0. The Kier molecular flexibility index (Phi) is 6.02. The normalized spacial score (nSPS) is 22.0. The SMILES string of the molecule is COc1cccc(C(=O)O[C@H](C)C(=O)N[C@@H]2CCCC[C@@H]2C)c1. The summed E-state index contributed by atoms with van der Waals surface area (Å²) in [6, 6.07) is 6.87. The average Bonchev–Trinajstić information content (AvgIpc) is 2.56. The van der Waals surface area contributed by atoms with E-state index in [1.165, 1.54) is 13.5 Å². The topological polar surface area (TPSA) is 64.6 Å². The van der Waals surface area contributed by atoms with Crippen molar-refractivity contribution >= 4 is 11.9 Å². The van der Waals surface area contributed by atoms with E-state index in [2.05, 4.69) is 12.2 Å². The number of carbonyl (C=O) groups is 2. The zero-order chi connectivity index (χ0) is 16.8. The summed E-state index contributed by atoms with van der Waals surface area (Å²) in [7, 11) is 1.53. The quantitative estimate of drug-likeness (QED) is 0.848. The lowest BCUT2D eigenvalue weighted by molar-refractivity contribution is -0.130. The second-order valence-electron chi connectivity index (χ2n) is 6.16. The van der Waals surface area contributed by atoms with Crippen LogP contribution in [0.2, 0.25) is 0 Å². The van der Waals surface area contributed by atoms with Gasteiger partial charge in [-0.2, -0.15) is 0 Å². The second kappa shape index (κ2) is 7.99. The molecule has 126 valence electrons. The summed E-state index contributed by atoms with van der Waals surface area (Å²) in [5.74, 6) is 0.282. The van der Waals surface area contributed by atoms with Gasteiger partial charge in [-0.3, -0.25) is 4.79 Å². The molecule has 5 heteroatoms. The third-order valence-electron chi connectivity index (χ3n) is 4.40. The first-order valence-electron chi connectivity index (χ1n) is 8.16. The highest BCUT2D eigenvalue weighted by atomic mass is 16.5. The highest BCUT2D eigenvalue weighted by molar-refractivity contribution is 5.92. The molecular weight excluding hydrogens is 294 g/mol. The number of methoxy groups -OCH3 is 1. The monoisotopic (exact) mass is 319 g/mol. The highest BCUT2D eigenvalue weighted by Gasteiger charge is 2.26. The first kappa shape index (κ1) is 17.3. The molecule has 0 unspecified atom stereocenters. The maximum absolute atomic E-state index is 12.2. The molecule has 1 aromatic rings. The number of carbonyl (C=O) groups excluding carboxylic acids is 2. The lowest BCUT2D eigenvalue weighted by Gasteiger charge is -2.30. The van der Waals surface area contributed by atoms with Crippen LogP contribution in [0.25, 0.3) is 0 Å². The van der Waals surface area contributed by atoms with E-state index in [0.29, 0.717) is 17.2 Å². The number of esters is 1. The van der Waals surface area contributed by atoms with Crippen LogP contribution in [0, 0.1) is 5.92 Å². The van der Waals surface area contributed by atoms with Crippen LogP contribution in [0.4, 0.5) is 0 Å². The molecule has 1 saturated carbocycles. The third-order valence-corrected chi connectivity index (χ3v) is 4.40. The van der Waals surface area contributed by atoms with E-state index >= 15 is 0 Å². The molecule has 1 aliphatic carbocycles.